The Morgan fingerprint density at radius 3 is 2.18 bits per heavy atom. The second kappa shape index (κ2) is 12.7. The van der Waals surface area contributed by atoms with Gasteiger partial charge in [0, 0.05) is 53.4 Å². The van der Waals surface area contributed by atoms with Crippen LogP contribution >= 0.6 is 0 Å². The summed E-state index contributed by atoms with van der Waals surface area (Å²) >= 11 is 0. The van der Waals surface area contributed by atoms with Gasteiger partial charge in [-0.1, -0.05) is 6.07 Å². The van der Waals surface area contributed by atoms with E-state index in [4.69, 9.17) is 14.2 Å². The molecule has 0 radical (unpaired) electrons. The van der Waals surface area contributed by atoms with E-state index in [0.717, 1.165) is 50.6 Å². The van der Waals surface area contributed by atoms with Gasteiger partial charge < -0.3 is 24.2 Å². The lowest BCUT2D eigenvalue weighted by Crippen LogP contribution is -2.54. The molecule has 2 bridgehead atoms. The lowest BCUT2D eigenvalue weighted by molar-refractivity contribution is 0.000416. The lowest BCUT2D eigenvalue weighted by atomic mass is 9.84. The molecule has 0 amide bonds. The summed E-state index contributed by atoms with van der Waals surface area (Å²) in [6.45, 7) is 5.89. The lowest BCUT2D eigenvalue weighted by Gasteiger charge is -2.46. The Balaban J connectivity index is 1.21. The van der Waals surface area contributed by atoms with E-state index in [9.17, 15) is 13.5 Å². The van der Waals surface area contributed by atoms with Crippen molar-refractivity contribution in [3.63, 3.8) is 0 Å². The van der Waals surface area contributed by atoms with Crippen molar-refractivity contribution in [1.29, 1.82) is 0 Å². The number of aliphatic hydroxyl groups excluding tert-OH is 1. The smallest absolute Gasteiger partial charge is 0.242 e. The number of aliphatic hydroxyl groups is 1. The number of likely N-dealkylation sites (tertiary alicyclic amines) is 2. The van der Waals surface area contributed by atoms with E-state index < -0.39 is 16.1 Å². The quantitative estimate of drug-likeness (QED) is 0.433. The van der Waals surface area contributed by atoms with E-state index in [2.05, 4.69) is 21.9 Å². The number of fused-ring (bicyclic) bond motifs is 2. The molecule has 4 rings (SSSR count). The van der Waals surface area contributed by atoms with E-state index in [-0.39, 0.29) is 11.5 Å². The highest BCUT2D eigenvalue weighted by Crippen LogP contribution is 2.30. The Bertz CT molecular complexity index is 1140. The monoisotopic (exact) mass is 547 g/mol. The van der Waals surface area contributed by atoms with Crippen LogP contribution in [0.1, 0.15) is 12.0 Å². The third-order valence-corrected chi connectivity index (χ3v) is 9.24. The molecule has 9 nitrogen and oxygen atoms in total. The van der Waals surface area contributed by atoms with Crippen LogP contribution in [0.3, 0.4) is 0 Å². The molecule has 0 aromatic heterocycles. The molecule has 10 heteroatoms. The van der Waals surface area contributed by atoms with Crippen LogP contribution in [0.4, 0.5) is 0 Å². The van der Waals surface area contributed by atoms with E-state index in [1.165, 1.54) is 42.5 Å². The minimum absolute atomic E-state index is 0.170. The summed E-state index contributed by atoms with van der Waals surface area (Å²) in [5, 5.41) is 10.6. The molecule has 0 aliphatic carbocycles. The number of methoxy groups -OCH3 is 2. The van der Waals surface area contributed by atoms with E-state index in [1.807, 2.05) is 6.07 Å². The van der Waals surface area contributed by atoms with Crippen LogP contribution in [0.15, 0.2) is 47.4 Å². The van der Waals surface area contributed by atoms with Gasteiger partial charge in [-0.3, -0.25) is 4.90 Å². The maximum absolute atomic E-state index is 12.2. The van der Waals surface area contributed by atoms with Crippen molar-refractivity contribution >= 4 is 10.0 Å². The number of rotatable bonds is 12. The Labute approximate surface area is 226 Å². The van der Waals surface area contributed by atoms with Crippen molar-refractivity contribution < 1.29 is 27.7 Å². The molecule has 0 saturated carbocycles. The third-order valence-electron chi connectivity index (χ3n) is 7.41. The molecule has 210 valence electrons. The van der Waals surface area contributed by atoms with Crippen molar-refractivity contribution in [2.24, 2.45) is 11.8 Å². The Hall–Kier alpha value is -2.37. The summed E-state index contributed by atoms with van der Waals surface area (Å²) in [4.78, 5) is 5.16. The van der Waals surface area contributed by atoms with Crippen LogP contribution in [0.5, 0.6) is 17.2 Å². The maximum Gasteiger partial charge on any atom is 0.242 e. The average Bonchev–Trinajstić information content (AvgIpc) is 2.90. The summed E-state index contributed by atoms with van der Waals surface area (Å²) in [6, 6.07) is 12.5. The second-order valence-electron chi connectivity index (χ2n) is 10.6. The van der Waals surface area contributed by atoms with Crippen molar-refractivity contribution in [1.82, 2.24) is 14.1 Å². The molecule has 3 atom stereocenters. The van der Waals surface area contributed by atoms with Crippen LogP contribution in [0.2, 0.25) is 0 Å². The number of nitrogens with zero attached hydrogens (tertiary/aromatic N) is 3. The van der Waals surface area contributed by atoms with Gasteiger partial charge in [0.05, 0.1) is 19.1 Å². The first-order chi connectivity index (χ1) is 18.2. The minimum Gasteiger partial charge on any atom is -0.493 e. The van der Waals surface area contributed by atoms with E-state index in [0.29, 0.717) is 24.1 Å². The van der Waals surface area contributed by atoms with Gasteiger partial charge in [-0.25, -0.2) is 12.7 Å². The van der Waals surface area contributed by atoms with Crippen molar-refractivity contribution in [2.75, 3.05) is 74.2 Å². The fraction of sp³-hybridized carbons (Fsp3) is 0.571. The van der Waals surface area contributed by atoms with Crippen LogP contribution < -0.4 is 14.2 Å². The molecule has 2 saturated heterocycles. The van der Waals surface area contributed by atoms with E-state index >= 15 is 0 Å². The van der Waals surface area contributed by atoms with Gasteiger partial charge in [0.2, 0.25) is 10.0 Å². The van der Waals surface area contributed by atoms with Gasteiger partial charge in [0.25, 0.3) is 0 Å². The first kappa shape index (κ1) is 28.6. The number of ether oxygens (including phenoxy) is 3. The Morgan fingerprint density at radius 1 is 0.947 bits per heavy atom. The van der Waals surface area contributed by atoms with Crippen molar-refractivity contribution in [3.05, 3.63) is 48.0 Å². The van der Waals surface area contributed by atoms with Gasteiger partial charge >= 0.3 is 0 Å². The zero-order valence-corrected chi connectivity index (χ0v) is 23.7. The SMILES string of the molecule is COc1ccc(CCN2CC3CC(C2)CN(CC(O)COc2ccc(S(=O)(=O)N(C)C)cc2)C3)cc1OC. The number of hydrogen-bond donors (Lipinski definition) is 1. The average molecular weight is 548 g/mol. The molecule has 2 aliphatic rings. The molecule has 2 aromatic carbocycles. The molecule has 0 spiro atoms. The van der Waals surface area contributed by atoms with Gasteiger partial charge in [-0.15, -0.1) is 0 Å². The van der Waals surface area contributed by atoms with Gasteiger partial charge in [0.15, 0.2) is 11.5 Å². The third kappa shape index (κ3) is 7.18. The molecule has 3 unspecified atom stereocenters. The Kier molecular flexibility index (Phi) is 9.54. The van der Waals surface area contributed by atoms with Crippen LogP contribution in [0.25, 0.3) is 0 Å². The van der Waals surface area contributed by atoms with Crippen LogP contribution in [0, 0.1) is 11.8 Å². The summed E-state index contributed by atoms with van der Waals surface area (Å²) in [6.07, 6.45) is 1.61. The number of piperidine rings is 2. The molecule has 2 heterocycles. The predicted octanol–water partition coefficient (Wildman–Crippen LogP) is 2.19. The largest absolute Gasteiger partial charge is 0.493 e. The molecule has 1 N–H and O–H groups in total. The van der Waals surface area contributed by atoms with Crippen molar-refractivity contribution in [2.45, 2.75) is 23.8 Å². The zero-order valence-electron chi connectivity index (χ0n) is 22.9. The summed E-state index contributed by atoms with van der Waals surface area (Å²) in [5.41, 5.74) is 1.25. The fourth-order valence-electron chi connectivity index (χ4n) is 5.61. The maximum atomic E-state index is 12.2. The van der Waals surface area contributed by atoms with E-state index in [1.54, 1.807) is 26.4 Å². The summed E-state index contributed by atoms with van der Waals surface area (Å²) in [5.74, 6) is 3.28. The molecule has 2 fully saturated rings. The fourth-order valence-corrected chi connectivity index (χ4v) is 6.51. The molecular weight excluding hydrogens is 506 g/mol. The second-order valence-corrected chi connectivity index (χ2v) is 12.8. The highest BCUT2D eigenvalue weighted by molar-refractivity contribution is 7.89. The Morgan fingerprint density at radius 2 is 1.58 bits per heavy atom. The first-order valence-electron chi connectivity index (χ1n) is 13.2. The highest BCUT2D eigenvalue weighted by Gasteiger charge is 2.34. The minimum atomic E-state index is -3.47. The summed E-state index contributed by atoms with van der Waals surface area (Å²) in [7, 11) is 2.85. The van der Waals surface area contributed by atoms with Gasteiger partial charge in [-0.2, -0.15) is 0 Å². The predicted molar refractivity (Wildman–Crippen MR) is 147 cm³/mol. The number of benzene rings is 2. The molecular formula is C28H41N3O6S. The van der Waals surface area contributed by atoms with Crippen LogP contribution in [-0.2, 0) is 16.4 Å². The van der Waals surface area contributed by atoms with Gasteiger partial charge in [-0.05, 0) is 66.6 Å². The number of hydrogen-bond acceptors (Lipinski definition) is 8. The first-order valence-corrected chi connectivity index (χ1v) is 14.6. The van der Waals surface area contributed by atoms with Gasteiger partial charge in [0.1, 0.15) is 18.5 Å². The summed E-state index contributed by atoms with van der Waals surface area (Å²) < 4.78 is 42.1. The number of β-amino-alcohol motifs (C(OH)–C–C–N with tert-alkyl or cyclic N) is 1. The van der Waals surface area contributed by atoms with Crippen molar-refractivity contribution in [3.8, 4) is 17.2 Å². The van der Waals surface area contributed by atoms with Crippen LogP contribution in [-0.4, -0.2) is 108 Å². The zero-order chi connectivity index (χ0) is 27.3. The molecule has 2 aliphatic heterocycles. The molecule has 2 aromatic rings. The topological polar surface area (TPSA) is 91.8 Å². The standard InChI is InChI=1S/C28H41N3O6S/c1-29(2)38(33,34)26-8-6-25(7-9-26)37-20-24(32)19-31-17-22-13-23(18-31)16-30(15-22)12-11-21-5-10-27(35-3)28(14-21)36-4/h5-10,14,22-24,32H,11-13,15-20H2,1-4H3. The highest BCUT2D eigenvalue weighted by atomic mass is 32.2. The molecule has 38 heavy (non-hydrogen) atoms. The number of sulfonamides is 1. The normalized spacial score (nSPS) is 21.3.